The Labute approximate surface area is 128 Å². The van der Waals surface area contributed by atoms with E-state index in [0.717, 1.165) is 0 Å². The molecule has 2 N–H and O–H groups in total. The van der Waals surface area contributed by atoms with Crippen molar-refractivity contribution >= 4 is 17.6 Å². The van der Waals surface area contributed by atoms with Gasteiger partial charge in [-0.3, -0.25) is 14.9 Å². The van der Waals surface area contributed by atoms with Gasteiger partial charge in [-0.1, -0.05) is 25.5 Å². The number of rotatable bonds is 8. The summed E-state index contributed by atoms with van der Waals surface area (Å²) in [5.74, 6) is -1.46. The zero-order valence-electron chi connectivity index (χ0n) is 12.7. The van der Waals surface area contributed by atoms with Crippen LogP contribution in [0.15, 0.2) is 24.3 Å². The van der Waals surface area contributed by atoms with Gasteiger partial charge in [-0.15, -0.1) is 0 Å². The Morgan fingerprint density at radius 1 is 1.41 bits per heavy atom. The van der Waals surface area contributed by atoms with Crippen LogP contribution in [-0.4, -0.2) is 27.4 Å². The van der Waals surface area contributed by atoms with Crippen LogP contribution in [0.3, 0.4) is 0 Å². The number of nitrogens with one attached hydrogen (secondary N) is 1. The molecule has 0 heterocycles. The Kier molecular flexibility index (Phi) is 6.03. The topological polar surface area (TPSA) is 110 Å². The molecule has 0 aliphatic heterocycles. The van der Waals surface area contributed by atoms with E-state index in [1.807, 2.05) is 6.92 Å². The number of carbonyl (C=O) groups excluding carboxylic acids is 1. The highest BCUT2D eigenvalue weighted by atomic mass is 16.6. The van der Waals surface area contributed by atoms with Crippen LogP contribution in [0.5, 0.6) is 0 Å². The second-order valence-electron chi connectivity index (χ2n) is 5.36. The van der Waals surface area contributed by atoms with Gasteiger partial charge in [0.25, 0.3) is 5.69 Å². The normalized spacial score (nSPS) is 13.2. The summed E-state index contributed by atoms with van der Waals surface area (Å²) < 4.78 is 0. The number of benzene rings is 1. The van der Waals surface area contributed by atoms with Crippen molar-refractivity contribution in [2.75, 3.05) is 0 Å². The Morgan fingerprint density at radius 3 is 2.64 bits per heavy atom. The van der Waals surface area contributed by atoms with Gasteiger partial charge in [0.2, 0.25) is 5.91 Å². The van der Waals surface area contributed by atoms with E-state index in [0.29, 0.717) is 24.8 Å². The van der Waals surface area contributed by atoms with Crippen molar-refractivity contribution in [3.63, 3.8) is 0 Å². The lowest BCUT2D eigenvalue weighted by molar-refractivity contribution is -0.384. The fourth-order valence-electron chi connectivity index (χ4n) is 2.18. The van der Waals surface area contributed by atoms with Crippen molar-refractivity contribution in [1.29, 1.82) is 0 Å². The lowest BCUT2D eigenvalue weighted by atomic mass is 9.96. The molecule has 0 aromatic heterocycles. The second-order valence-corrected chi connectivity index (χ2v) is 5.36. The molecular weight excluding hydrogens is 288 g/mol. The Balaban J connectivity index is 2.64. The number of carboxylic acid groups (broad SMARTS) is 1. The number of nitrogens with zero attached hydrogens (tertiary/aromatic N) is 1. The summed E-state index contributed by atoms with van der Waals surface area (Å²) in [4.78, 5) is 33.4. The van der Waals surface area contributed by atoms with Crippen LogP contribution in [-0.2, 0) is 16.0 Å². The molecule has 1 atom stereocenters. The summed E-state index contributed by atoms with van der Waals surface area (Å²) in [6.07, 6.45) is 1.36. The van der Waals surface area contributed by atoms with E-state index in [4.69, 9.17) is 0 Å². The number of non-ortho nitro benzene ring substituents is 1. The number of carboxylic acids is 1. The molecule has 1 aromatic carbocycles. The Bertz CT molecular complexity index is 573. The van der Waals surface area contributed by atoms with Crippen LogP contribution in [0.1, 0.15) is 38.7 Å². The molecule has 0 aliphatic rings. The maximum Gasteiger partial charge on any atom is 0.329 e. The van der Waals surface area contributed by atoms with Crippen molar-refractivity contribution in [3.05, 3.63) is 39.9 Å². The molecule has 1 amide bonds. The van der Waals surface area contributed by atoms with E-state index >= 15 is 0 Å². The number of nitro groups is 1. The molecule has 1 aromatic rings. The summed E-state index contributed by atoms with van der Waals surface area (Å²) in [6, 6.07) is 6.05. The van der Waals surface area contributed by atoms with Gasteiger partial charge in [0, 0.05) is 18.6 Å². The van der Waals surface area contributed by atoms with Crippen molar-refractivity contribution in [3.8, 4) is 0 Å². The van der Waals surface area contributed by atoms with E-state index in [1.165, 1.54) is 19.1 Å². The third-order valence-electron chi connectivity index (χ3n) is 3.40. The van der Waals surface area contributed by atoms with E-state index < -0.39 is 16.4 Å². The first-order chi connectivity index (χ1) is 10.3. The number of aryl methyl sites for hydroxylation is 1. The number of hydrogen-bond acceptors (Lipinski definition) is 4. The van der Waals surface area contributed by atoms with Crippen LogP contribution in [0.2, 0.25) is 0 Å². The first kappa shape index (κ1) is 17.6. The van der Waals surface area contributed by atoms with Gasteiger partial charge in [-0.05, 0) is 25.3 Å². The lowest BCUT2D eigenvalue weighted by Crippen LogP contribution is -2.52. The number of nitro benzene ring substituents is 1. The van der Waals surface area contributed by atoms with Crippen LogP contribution in [0.4, 0.5) is 5.69 Å². The summed E-state index contributed by atoms with van der Waals surface area (Å²) in [6.45, 7) is 3.32. The van der Waals surface area contributed by atoms with Crippen LogP contribution < -0.4 is 5.32 Å². The number of hydrogen-bond donors (Lipinski definition) is 2. The van der Waals surface area contributed by atoms with Gasteiger partial charge < -0.3 is 10.4 Å². The molecule has 0 aliphatic carbocycles. The molecule has 0 saturated heterocycles. The average molecular weight is 308 g/mol. The fraction of sp³-hybridized carbons (Fsp3) is 0.467. The zero-order chi connectivity index (χ0) is 16.8. The lowest BCUT2D eigenvalue weighted by Gasteiger charge is -2.25. The molecule has 7 heteroatoms. The molecule has 0 spiro atoms. The molecule has 0 bridgehead atoms. The van der Waals surface area contributed by atoms with E-state index in [-0.39, 0.29) is 18.0 Å². The predicted octanol–water partition coefficient (Wildman–Crippen LogP) is 2.29. The van der Waals surface area contributed by atoms with Crippen molar-refractivity contribution in [1.82, 2.24) is 5.32 Å². The van der Waals surface area contributed by atoms with Crippen molar-refractivity contribution in [2.45, 2.75) is 45.1 Å². The molecule has 1 unspecified atom stereocenters. The average Bonchev–Trinajstić information content (AvgIpc) is 2.45. The quantitative estimate of drug-likeness (QED) is 0.565. The molecule has 0 saturated carbocycles. The second kappa shape index (κ2) is 7.53. The monoisotopic (exact) mass is 308 g/mol. The van der Waals surface area contributed by atoms with E-state index in [9.17, 15) is 24.8 Å². The minimum Gasteiger partial charge on any atom is -0.480 e. The zero-order valence-corrected chi connectivity index (χ0v) is 12.7. The summed E-state index contributed by atoms with van der Waals surface area (Å²) in [7, 11) is 0. The SMILES string of the molecule is CCCC(C)(NC(=O)CCc1cccc([N+](=O)[O-])c1)C(=O)O. The van der Waals surface area contributed by atoms with Crippen LogP contribution in [0, 0.1) is 10.1 Å². The third-order valence-corrected chi connectivity index (χ3v) is 3.40. The van der Waals surface area contributed by atoms with Gasteiger partial charge in [0.1, 0.15) is 5.54 Å². The smallest absolute Gasteiger partial charge is 0.329 e. The summed E-state index contributed by atoms with van der Waals surface area (Å²) in [5, 5.41) is 22.4. The van der Waals surface area contributed by atoms with E-state index in [1.54, 1.807) is 12.1 Å². The minimum absolute atomic E-state index is 0.0285. The molecule has 1 rings (SSSR count). The van der Waals surface area contributed by atoms with Crippen molar-refractivity contribution in [2.24, 2.45) is 0 Å². The predicted molar refractivity (Wildman–Crippen MR) is 80.5 cm³/mol. The van der Waals surface area contributed by atoms with Gasteiger partial charge in [-0.25, -0.2) is 4.79 Å². The summed E-state index contributed by atoms with van der Waals surface area (Å²) in [5.41, 5.74) is -0.648. The number of amides is 1. The van der Waals surface area contributed by atoms with Crippen molar-refractivity contribution < 1.29 is 19.6 Å². The minimum atomic E-state index is -1.28. The largest absolute Gasteiger partial charge is 0.480 e. The Morgan fingerprint density at radius 2 is 2.09 bits per heavy atom. The number of aliphatic carboxylic acids is 1. The highest BCUT2D eigenvalue weighted by Crippen LogP contribution is 2.16. The van der Waals surface area contributed by atoms with Gasteiger partial charge in [0.15, 0.2) is 0 Å². The molecular formula is C15H20N2O5. The van der Waals surface area contributed by atoms with Gasteiger partial charge >= 0.3 is 5.97 Å². The standard InChI is InChI=1S/C15H20N2O5/c1-3-9-15(2,14(19)20)16-13(18)8-7-11-5-4-6-12(10-11)17(21)22/h4-6,10H,3,7-9H2,1-2H3,(H,16,18)(H,19,20). The third kappa shape index (κ3) is 4.83. The molecule has 0 radical (unpaired) electrons. The van der Waals surface area contributed by atoms with Gasteiger partial charge in [-0.2, -0.15) is 0 Å². The van der Waals surface area contributed by atoms with Gasteiger partial charge in [0.05, 0.1) is 4.92 Å². The molecule has 120 valence electrons. The highest BCUT2D eigenvalue weighted by Gasteiger charge is 2.33. The highest BCUT2D eigenvalue weighted by molar-refractivity contribution is 5.86. The first-order valence-corrected chi connectivity index (χ1v) is 7.06. The fourth-order valence-corrected chi connectivity index (χ4v) is 2.18. The maximum absolute atomic E-state index is 11.9. The molecule has 0 fully saturated rings. The molecule has 22 heavy (non-hydrogen) atoms. The maximum atomic E-state index is 11.9. The van der Waals surface area contributed by atoms with Crippen LogP contribution >= 0.6 is 0 Å². The number of carbonyl (C=O) groups is 2. The molecule has 7 nitrogen and oxygen atoms in total. The Hall–Kier alpha value is -2.44. The van der Waals surface area contributed by atoms with Crippen LogP contribution in [0.25, 0.3) is 0 Å². The first-order valence-electron chi connectivity index (χ1n) is 7.06. The summed E-state index contributed by atoms with van der Waals surface area (Å²) >= 11 is 0. The van der Waals surface area contributed by atoms with E-state index in [2.05, 4.69) is 5.32 Å².